The molecule has 1 aromatic rings. The summed E-state index contributed by atoms with van der Waals surface area (Å²) in [6, 6.07) is -0.292. The molecule has 0 radical (unpaired) electrons. The molecule has 1 aromatic heterocycles. The van der Waals surface area contributed by atoms with Crippen LogP contribution < -0.4 is 11.3 Å². The van der Waals surface area contributed by atoms with Crippen molar-refractivity contribution in [3.63, 3.8) is 0 Å². The Morgan fingerprint density at radius 3 is 2.69 bits per heavy atom. The molecule has 1 atom stereocenters. The number of aromatic nitrogens is 2. The molecular weight excluding hydrogens is 230 g/mol. The summed E-state index contributed by atoms with van der Waals surface area (Å²) >= 11 is 0. The third-order valence-corrected chi connectivity index (χ3v) is 4.71. The molecule has 2 heterocycles. The molecular formula is C9H15N3O3S. The molecule has 16 heavy (non-hydrogen) atoms. The van der Waals surface area contributed by atoms with Gasteiger partial charge in [-0.1, -0.05) is 6.92 Å². The van der Waals surface area contributed by atoms with Crippen LogP contribution in [0.2, 0.25) is 0 Å². The Kier molecular flexibility index (Phi) is 2.57. The molecule has 0 bridgehead atoms. The maximum atomic E-state index is 11.8. The molecule has 0 aromatic carbocycles. The number of nitrogens with one attached hydrogen (secondary N) is 1. The fourth-order valence-corrected chi connectivity index (χ4v) is 3.72. The van der Waals surface area contributed by atoms with Gasteiger partial charge in [0.05, 0.1) is 23.2 Å². The average molecular weight is 245 g/mol. The van der Waals surface area contributed by atoms with Gasteiger partial charge >= 0.3 is 0 Å². The van der Waals surface area contributed by atoms with Crippen LogP contribution in [0.25, 0.3) is 0 Å². The van der Waals surface area contributed by atoms with Crippen LogP contribution in [0.5, 0.6) is 0 Å². The summed E-state index contributed by atoms with van der Waals surface area (Å²) in [5, 5.41) is 2.89. The molecule has 0 saturated carbocycles. The number of sulfone groups is 1. The van der Waals surface area contributed by atoms with Crippen molar-refractivity contribution in [2.45, 2.75) is 25.8 Å². The first-order valence-electron chi connectivity index (χ1n) is 5.24. The molecule has 0 amide bonds. The van der Waals surface area contributed by atoms with Crippen LogP contribution in [0, 0.1) is 0 Å². The highest BCUT2D eigenvalue weighted by Crippen LogP contribution is 2.22. The maximum absolute atomic E-state index is 11.8. The third-order valence-electron chi connectivity index (χ3n) is 2.96. The number of rotatable bonds is 2. The lowest BCUT2D eigenvalue weighted by molar-refractivity contribution is 0.482. The molecule has 2 rings (SSSR count). The van der Waals surface area contributed by atoms with Crippen molar-refractivity contribution >= 4 is 15.5 Å². The number of aromatic amines is 1. The highest BCUT2D eigenvalue weighted by atomic mass is 32.2. The zero-order valence-corrected chi connectivity index (χ0v) is 9.88. The molecule has 0 aliphatic carbocycles. The second kappa shape index (κ2) is 3.65. The lowest BCUT2D eigenvalue weighted by Gasteiger charge is -2.07. The molecule has 1 aliphatic rings. The predicted molar refractivity (Wildman–Crippen MR) is 61.2 cm³/mol. The summed E-state index contributed by atoms with van der Waals surface area (Å²) in [6.07, 6.45) is 1.11. The van der Waals surface area contributed by atoms with Gasteiger partial charge < -0.3 is 5.73 Å². The van der Waals surface area contributed by atoms with E-state index >= 15 is 0 Å². The van der Waals surface area contributed by atoms with Crippen LogP contribution in [0.3, 0.4) is 0 Å². The summed E-state index contributed by atoms with van der Waals surface area (Å²) < 4.78 is 24.0. The van der Waals surface area contributed by atoms with Crippen molar-refractivity contribution in [2.75, 3.05) is 17.2 Å². The Morgan fingerprint density at radius 2 is 2.25 bits per heavy atom. The number of nitrogens with zero attached hydrogens (tertiary/aromatic N) is 1. The zero-order valence-electron chi connectivity index (χ0n) is 9.06. The SMILES string of the molecule is CCc1[nH]n(C2CCS(=O)(=O)C2)c(=O)c1N. The second-order valence-electron chi connectivity index (χ2n) is 4.09. The Balaban J connectivity index is 2.39. The Labute approximate surface area is 93.3 Å². The number of anilines is 1. The first-order chi connectivity index (χ1) is 7.44. The van der Waals surface area contributed by atoms with Crippen molar-refractivity contribution < 1.29 is 8.42 Å². The summed E-state index contributed by atoms with van der Waals surface area (Å²) in [5.74, 6) is 0.167. The van der Waals surface area contributed by atoms with E-state index in [-0.39, 0.29) is 28.8 Å². The van der Waals surface area contributed by atoms with E-state index in [0.717, 1.165) is 0 Å². The van der Waals surface area contributed by atoms with E-state index in [9.17, 15) is 13.2 Å². The van der Waals surface area contributed by atoms with E-state index in [0.29, 0.717) is 18.5 Å². The predicted octanol–water partition coefficient (Wildman–Crippen LogP) is -0.319. The molecule has 90 valence electrons. The van der Waals surface area contributed by atoms with Crippen molar-refractivity contribution in [2.24, 2.45) is 0 Å². The van der Waals surface area contributed by atoms with Gasteiger partial charge in [0, 0.05) is 0 Å². The molecule has 0 spiro atoms. The average Bonchev–Trinajstić information content (AvgIpc) is 2.70. The van der Waals surface area contributed by atoms with Crippen molar-refractivity contribution in [3.8, 4) is 0 Å². The van der Waals surface area contributed by atoms with Gasteiger partial charge in [0.2, 0.25) is 0 Å². The summed E-state index contributed by atoms with van der Waals surface area (Å²) in [5.41, 5.74) is 6.20. The molecule has 7 heteroatoms. The van der Waals surface area contributed by atoms with Gasteiger partial charge in [-0.25, -0.2) is 13.1 Å². The quantitative estimate of drug-likeness (QED) is 0.746. The first kappa shape index (κ1) is 11.3. The van der Waals surface area contributed by atoms with Gasteiger partial charge in [0.1, 0.15) is 5.69 Å². The molecule has 1 saturated heterocycles. The maximum Gasteiger partial charge on any atom is 0.290 e. The van der Waals surface area contributed by atoms with E-state index in [4.69, 9.17) is 5.73 Å². The highest BCUT2D eigenvalue weighted by Gasteiger charge is 2.31. The lowest BCUT2D eigenvalue weighted by Crippen LogP contribution is -2.24. The van der Waals surface area contributed by atoms with E-state index in [1.807, 2.05) is 6.92 Å². The smallest absolute Gasteiger partial charge is 0.290 e. The fraction of sp³-hybridized carbons (Fsp3) is 0.667. The second-order valence-corrected chi connectivity index (χ2v) is 6.32. The van der Waals surface area contributed by atoms with Gasteiger partial charge in [0.15, 0.2) is 9.84 Å². The largest absolute Gasteiger partial charge is 0.393 e. The fourth-order valence-electron chi connectivity index (χ4n) is 2.02. The molecule has 6 nitrogen and oxygen atoms in total. The first-order valence-corrected chi connectivity index (χ1v) is 7.06. The number of aryl methyl sites for hydroxylation is 1. The van der Waals surface area contributed by atoms with Gasteiger partial charge in [0.25, 0.3) is 5.56 Å². The molecule has 1 fully saturated rings. The minimum atomic E-state index is -2.99. The number of nitrogen functional groups attached to an aromatic ring is 1. The van der Waals surface area contributed by atoms with Crippen LogP contribution in [0.1, 0.15) is 25.1 Å². The summed E-state index contributed by atoms with van der Waals surface area (Å²) in [7, 11) is -2.99. The van der Waals surface area contributed by atoms with Gasteiger partial charge in [-0.2, -0.15) is 0 Å². The zero-order chi connectivity index (χ0) is 11.9. The Morgan fingerprint density at radius 1 is 1.56 bits per heavy atom. The van der Waals surface area contributed by atoms with Crippen LogP contribution in [-0.2, 0) is 16.3 Å². The van der Waals surface area contributed by atoms with Gasteiger partial charge in [-0.15, -0.1) is 0 Å². The Hall–Kier alpha value is -1.24. The number of nitrogens with two attached hydrogens (primary N) is 1. The van der Waals surface area contributed by atoms with Crippen molar-refractivity contribution in [3.05, 3.63) is 16.0 Å². The van der Waals surface area contributed by atoms with Crippen molar-refractivity contribution in [1.29, 1.82) is 0 Å². The lowest BCUT2D eigenvalue weighted by atomic mass is 10.3. The van der Waals surface area contributed by atoms with Crippen LogP contribution >= 0.6 is 0 Å². The molecule has 1 aliphatic heterocycles. The normalized spacial score (nSPS) is 23.7. The molecule has 1 unspecified atom stereocenters. The van der Waals surface area contributed by atoms with Crippen molar-refractivity contribution in [1.82, 2.24) is 9.78 Å². The van der Waals surface area contributed by atoms with Gasteiger partial charge in [-0.3, -0.25) is 9.89 Å². The number of hydrogen-bond donors (Lipinski definition) is 2. The van der Waals surface area contributed by atoms with E-state index < -0.39 is 9.84 Å². The third kappa shape index (κ3) is 1.75. The van der Waals surface area contributed by atoms with Crippen LogP contribution in [-0.4, -0.2) is 29.7 Å². The standard InChI is InChI=1S/C9H15N3O3S/c1-2-7-8(10)9(13)12(11-7)6-3-4-16(14,15)5-6/h6,11H,2-5,10H2,1H3. The number of hydrogen-bond acceptors (Lipinski definition) is 4. The minimum absolute atomic E-state index is 0.0238. The van der Waals surface area contributed by atoms with E-state index in [1.165, 1.54) is 4.68 Å². The monoisotopic (exact) mass is 245 g/mol. The number of H-pyrrole nitrogens is 1. The van der Waals surface area contributed by atoms with Crippen LogP contribution in [0.15, 0.2) is 4.79 Å². The van der Waals surface area contributed by atoms with E-state index in [2.05, 4.69) is 5.10 Å². The summed E-state index contributed by atoms with van der Waals surface area (Å²) in [4.78, 5) is 11.8. The minimum Gasteiger partial charge on any atom is -0.393 e. The topological polar surface area (TPSA) is 98.0 Å². The Bertz CT molecular complexity index is 555. The van der Waals surface area contributed by atoms with E-state index in [1.54, 1.807) is 0 Å². The highest BCUT2D eigenvalue weighted by molar-refractivity contribution is 7.91. The molecule has 3 N–H and O–H groups in total. The van der Waals surface area contributed by atoms with Gasteiger partial charge in [-0.05, 0) is 12.8 Å². The summed E-state index contributed by atoms with van der Waals surface area (Å²) in [6.45, 7) is 1.89. The van der Waals surface area contributed by atoms with Crippen LogP contribution in [0.4, 0.5) is 5.69 Å².